The summed E-state index contributed by atoms with van der Waals surface area (Å²) in [5.41, 5.74) is 3.99. The molecule has 0 fully saturated rings. The number of nitrogens with zero attached hydrogens (tertiary/aromatic N) is 3. The van der Waals surface area contributed by atoms with E-state index in [1.807, 2.05) is 25.1 Å². The molecule has 0 radical (unpaired) electrons. The van der Waals surface area contributed by atoms with E-state index in [1.54, 1.807) is 11.3 Å². The lowest BCUT2D eigenvalue weighted by Crippen LogP contribution is -1.97. The number of benzene rings is 1. The van der Waals surface area contributed by atoms with Gasteiger partial charge in [-0.05, 0) is 6.92 Å². The highest BCUT2D eigenvalue weighted by Crippen LogP contribution is 2.24. The van der Waals surface area contributed by atoms with Crippen LogP contribution in [0.4, 0.5) is 0 Å². The minimum absolute atomic E-state index is 0.509. The molecule has 2 heterocycles. The molecule has 0 saturated heterocycles. The van der Waals surface area contributed by atoms with E-state index < -0.39 is 0 Å². The van der Waals surface area contributed by atoms with Crippen LogP contribution in [-0.2, 0) is 6.42 Å². The number of hydrogen-bond acceptors (Lipinski definition) is 4. The molecule has 0 N–H and O–H groups in total. The molecule has 3 nitrogen and oxygen atoms in total. The highest BCUT2D eigenvalue weighted by Gasteiger charge is 2.09. The van der Waals surface area contributed by atoms with Gasteiger partial charge >= 0.3 is 0 Å². The lowest BCUT2D eigenvalue weighted by Gasteiger charge is -2.03. The largest absolute Gasteiger partial charge is 0.241 e. The van der Waals surface area contributed by atoms with Crippen molar-refractivity contribution in [1.29, 1.82) is 0 Å². The minimum Gasteiger partial charge on any atom is -0.241 e. The van der Waals surface area contributed by atoms with Crippen LogP contribution < -0.4 is 0 Å². The number of rotatable bonds is 3. The van der Waals surface area contributed by atoms with Crippen LogP contribution in [0.1, 0.15) is 16.3 Å². The fourth-order valence-electron chi connectivity index (χ4n) is 1.92. The van der Waals surface area contributed by atoms with Gasteiger partial charge in [0.1, 0.15) is 11.5 Å². The van der Waals surface area contributed by atoms with Crippen molar-refractivity contribution in [2.24, 2.45) is 0 Å². The average molecular weight is 302 g/mol. The minimum atomic E-state index is 0.509. The third kappa shape index (κ3) is 2.71. The molecular formula is C15H12ClN3S. The van der Waals surface area contributed by atoms with Gasteiger partial charge in [-0.3, -0.25) is 0 Å². The maximum absolute atomic E-state index is 6.01. The SMILES string of the molecule is Cc1c(Cl)ncnc1Cc1nc(-c2ccccc2)cs1. The highest BCUT2D eigenvalue weighted by molar-refractivity contribution is 7.10. The Labute approximate surface area is 126 Å². The summed E-state index contributed by atoms with van der Waals surface area (Å²) in [5.74, 6) is 0. The van der Waals surface area contributed by atoms with E-state index in [-0.39, 0.29) is 0 Å². The van der Waals surface area contributed by atoms with Crippen LogP contribution >= 0.6 is 22.9 Å². The second kappa shape index (κ2) is 5.69. The van der Waals surface area contributed by atoms with Gasteiger partial charge in [-0.25, -0.2) is 15.0 Å². The molecule has 0 aliphatic carbocycles. The van der Waals surface area contributed by atoms with Crippen molar-refractivity contribution in [1.82, 2.24) is 15.0 Å². The van der Waals surface area contributed by atoms with Crippen LogP contribution in [0.5, 0.6) is 0 Å². The number of halogens is 1. The molecule has 0 aliphatic rings. The van der Waals surface area contributed by atoms with Crippen molar-refractivity contribution in [3.8, 4) is 11.3 Å². The van der Waals surface area contributed by atoms with Crippen molar-refractivity contribution >= 4 is 22.9 Å². The van der Waals surface area contributed by atoms with Crippen LogP contribution in [0.2, 0.25) is 5.15 Å². The summed E-state index contributed by atoms with van der Waals surface area (Å²) >= 11 is 7.65. The molecule has 100 valence electrons. The van der Waals surface area contributed by atoms with Gasteiger partial charge in [-0.2, -0.15) is 0 Å². The molecule has 3 aromatic rings. The zero-order valence-corrected chi connectivity index (χ0v) is 12.4. The first kappa shape index (κ1) is 13.2. The molecule has 2 aromatic heterocycles. The van der Waals surface area contributed by atoms with Crippen LogP contribution in [-0.4, -0.2) is 15.0 Å². The van der Waals surface area contributed by atoms with Gasteiger partial charge in [-0.15, -0.1) is 11.3 Å². The summed E-state index contributed by atoms with van der Waals surface area (Å²) in [6.07, 6.45) is 2.18. The Morgan fingerprint density at radius 2 is 1.95 bits per heavy atom. The molecule has 0 amide bonds. The quantitative estimate of drug-likeness (QED) is 0.682. The molecular weight excluding hydrogens is 290 g/mol. The molecule has 3 rings (SSSR count). The lowest BCUT2D eigenvalue weighted by atomic mass is 10.2. The summed E-state index contributed by atoms with van der Waals surface area (Å²) in [4.78, 5) is 12.9. The van der Waals surface area contributed by atoms with Gasteiger partial charge in [0, 0.05) is 22.9 Å². The second-order valence-corrected chi connectivity index (χ2v) is 5.71. The van der Waals surface area contributed by atoms with Gasteiger partial charge in [0.2, 0.25) is 0 Å². The zero-order chi connectivity index (χ0) is 13.9. The van der Waals surface area contributed by atoms with Crippen molar-refractivity contribution in [2.45, 2.75) is 13.3 Å². The van der Waals surface area contributed by atoms with E-state index in [2.05, 4.69) is 32.5 Å². The maximum atomic E-state index is 6.01. The Hall–Kier alpha value is -1.78. The molecule has 0 aliphatic heterocycles. The summed E-state index contributed by atoms with van der Waals surface area (Å²) in [7, 11) is 0. The van der Waals surface area contributed by atoms with Crippen LogP contribution in [0.15, 0.2) is 42.0 Å². The van der Waals surface area contributed by atoms with E-state index in [9.17, 15) is 0 Å². The first-order valence-electron chi connectivity index (χ1n) is 6.20. The van der Waals surface area contributed by atoms with E-state index in [4.69, 9.17) is 11.6 Å². The maximum Gasteiger partial charge on any atom is 0.135 e. The second-order valence-electron chi connectivity index (χ2n) is 4.41. The molecule has 0 atom stereocenters. The Morgan fingerprint density at radius 1 is 1.15 bits per heavy atom. The molecule has 0 unspecified atom stereocenters. The summed E-state index contributed by atoms with van der Waals surface area (Å²) in [6, 6.07) is 10.2. The fourth-order valence-corrected chi connectivity index (χ4v) is 2.88. The summed E-state index contributed by atoms with van der Waals surface area (Å²) < 4.78 is 0. The van der Waals surface area contributed by atoms with Gasteiger partial charge in [0.05, 0.1) is 16.4 Å². The Bertz CT molecular complexity index is 725. The number of thiazole rings is 1. The molecule has 0 saturated carbocycles. The summed E-state index contributed by atoms with van der Waals surface area (Å²) in [6.45, 7) is 1.93. The Balaban J connectivity index is 1.86. The van der Waals surface area contributed by atoms with E-state index in [1.165, 1.54) is 6.33 Å². The van der Waals surface area contributed by atoms with Crippen LogP contribution in [0, 0.1) is 6.92 Å². The van der Waals surface area contributed by atoms with Crippen LogP contribution in [0.25, 0.3) is 11.3 Å². The van der Waals surface area contributed by atoms with Gasteiger partial charge < -0.3 is 0 Å². The lowest BCUT2D eigenvalue weighted by molar-refractivity contribution is 0.985. The Morgan fingerprint density at radius 3 is 2.75 bits per heavy atom. The first-order chi connectivity index (χ1) is 9.74. The molecule has 20 heavy (non-hydrogen) atoms. The average Bonchev–Trinajstić information content (AvgIpc) is 2.93. The first-order valence-corrected chi connectivity index (χ1v) is 7.45. The molecule has 1 aromatic carbocycles. The third-order valence-corrected chi connectivity index (χ3v) is 4.30. The molecule has 0 spiro atoms. The monoisotopic (exact) mass is 301 g/mol. The van der Waals surface area contributed by atoms with Gasteiger partial charge in [0.15, 0.2) is 0 Å². The van der Waals surface area contributed by atoms with Crippen molar-refractivity contribution in [3.63, 3.8) is 0 Å². The van der Waals surface area contributed by atoms with Crippen LogP contribution in [0.3, 0.4) is 0 Å². The number of hydrogen-bond donors (Lipinski definition) is 0. The predicted octanol–water partition coefficient (Wildman–Crippen LogP) is 4.15. The standard InChI is InChI=1S/C15H12ClN3S/c1-10-12(17-9-18-15(10)16)7-14-19-13(8-20-14)11-5-3-2-4-6-11/h2-6,8-9H,7H2,1H3. The number of aromatic nitrogens is 3. The van der Waals surface area contributed by atoms with Crippen molar-refractivity contribution in [2.75, 3.05) is 0 Å². The normalized spacial score (nSPS) is 10.7. The highest BCUT2D eigenvalue weighted by atomic mass is 35.5. The van der Waals surface area contributed by atoms with Crippen molar-refractivity contribution in [3.05, 3.63) is 63.5 Å². The van der Waals surface area contributed by atoms with E-state index in [0.717, 1.165) is 27.5 Å². The summed E-state index contributed by atoms with van der Waals surface area (Å²) in [5, 5.41) is 3.61. The fraction of sp³-hybridized carbons (Fsp3) is 0.133. The van der Waals surface area contributed by atoms with Gasteiger partial charge in [0.25, 0.3) is 0 Å². The molecule has 5 heteroatoms. The van der Waals surface area contributed by atoms with E-state index >= 15 is 0 Å². The van der Waals surface area contributed by atoms with E-state index in [0.29, 0.717) is 11.6 Å². The smallest absolute Gasteiger partial charge is 0.135 e. The Kier molecular flexibility index (Phi) is 3.76. The molecule has 0 bridgehead atoms. The topological polar surface area (TPSA) is 38.7 Å². The third-order valence-electron chi connectivity index (χ3n) is 3.07. The van der Waals surface area contributed by atoms with Crippen molar-refractivity contribution < 1.29 is 0 Å². The zero-order valence-electron chi connectivity index (χ0n) is 10.9. The predicted molar refractivity (Wildman–Crippen MR) is 82.1 cm³/mol. The van der Waals surface area contributed by atoms with Gasteiger partial charge in [-0.1, -0.05) is 41.9 Å².